The molecule has 2 atom stereocenters. The molecule has 2 aliphatic rings. The molecule has 0 radical (unpaired) electrons. The minimum atomic E-state index is -0.201. The van der Waals surface area contributed by atoms with Crippen molar-refractivity contribution in [3.8, 4) is 0 Å². The number of ether oxygens (including phenoxy) is 1. The lowest BCUT2D eigenvalue weighted by Gasteiger charge is -2.40. The molecular formula is C18H28N6O2. The minimum absolute atomic E-state index is 0.0293. The summed E-state index contributed by atoms with van der Waals surface area (Å²) in [6, 6.07) is 0.860. The maximum atomic E-state index is 9.71. The van der Waals surface area contributed by atoms with Crippen LogP contribution in [0, 0.1) is 0 Å². The zero-order valence-electron chi connectivity index (χ0n) is 15.5. The van der Waals surface area contributed by atoms with Crippen molar-refractivity contribution in [2.24, 2.45) is 0 Å². The summed E-state index contributed by atoms with van der Waals surface area (Å²) >= 11 is 0. The summed E-state index contributed by atoms with van der Waals surface area (Å²) in [4.78, 5) is 15.8. The first-order valence-corrected chi connectivity index (χ1v) is 9.60. The molecule has 8 nitrogen and oxygen atoms in total. The van der Waals surface area contributed by atoms with Gasteiger partial charge in [0, 0.05) is 25.2 Å². The topological polar surface area (TPSA) is 88.3 Å². The van der Waals surface area contributed by atoms with Crippen LogP contribution < -0.4 is 5.32 Å². The van der Waals surface area contributed by atoms with Crippen molar-refractivity contribution in [2.75, 3.05) is 25.0 Å². The number of rotatable bonds is 5. The van der Waals surface area contributed by atoms with Crippen molar-refractivity contribution in [1.82, 2.24) is 24.4 Å². The van der Waals surface area contributed by atoms with Crippen molar-refractivity contribution < 1.29 is 9.84 Å². The molecule has 1 saturated heterocycles. The second kappa shape index (κ2) is 7.46. The van der Waals surface area contributed by atoms with Gasteiger partial charge in [0.1, 0.15) is 12.6 Å². The number of anilines is 1. The van der Waals surface area contributed by atoms with E-state index in [1.165, 1.54) is 25.7 Å². The Morgan fingerprint density at radius 1 is 1.23 bits per heavy atom. The molecule has 1 aliphatic carbocycles. The first-order valence-electron chi connectivity index (χ1n) is 9.60. The van der Waals surface area contributed by atoms with Gasteiger partial charge < -0.3 is 15.2 Å². The lowest BCUT2D eigenvalue weighted by molar-refractivity contribution is -0.141. The number of aromatic nitrogens is 4. The second-order valence-corrected chi connectivity index (χ2v) is 7.63. The van der Waals surface area contributed by atoms with Crippen LogP contribution in [0.25, 0.3) is 11.2 Å². The van der Waals surface area contributed by atoms with Gasteiger partial charge in [-0.1, -0.05) is 12.8 Å². The summed E-state index contributed by atoms with van der Waals surface area (Å²) < 4.78 is 8.13. The molecule has 8 heteroatoms. The number of hydrogen-bond donors (Lipinski definition) is 2. The highest BCUT2D eigenvalue weighted by Crippen LogP contribution is 2.31. The van der Waals surface area contributed by atoms with E-state index in [9.17, 15) is 5.11 Å². The van der Waals surface area contributed by atoms with Gasteiger partial charge >= 0.3 is 0 Å². The number of fused-ring (bicyclic) bond motifs is 1. The fourth-order valence-corrected chi connectivity index (χ4v) is 4.11. The highest BCUT2D eigenvalue weighted by Gasteiger charge is 2.34. The van der Waals surface area contributed by atoms with Gasteiger partial charge in [-0.15, -0.1) is 0 Å². The van der Waals surface area contributed by atoms with Crippen LogP contribution in [0.1, 0.15) is 45.8 Å². The van der Waals surface area contributed by atoms with E-state index in [2.05, 4.69) is 39.0 Å². The maximum absolute atomic E-state index is 9.71. The largest absolute Gasteiger partial charge is 0.394 e. The Morgan fingerprint density at radius 2 is 2.04 bits per heavy atom. The van der Waals surface area contributed by atoms with E-state index in [1.54, 1.807) is 12.7 Å². The third-order valence-electron chi connectivity index (χ3n) is 5.32. The van der Waals surface area contributed by atoms with Gasteiger partial charge in [-0.05, 0) is 26.7 Å². The Hall–Kier alpha value is -1.77. The number of aliphatic hydroxyl groups is 1. The Balaban J connectivity index is 1.63. The number of hydrogen-bond acceptors (Lipinski definition) is 7. The van der Waals surface area contributed by atoms with Crippen molar-refractivity contribution >= 4 is 17.0 Å². The van der Waals surface area contributed by atoms with E-state index in [0.717, 1.165) is 30.1 Å². The van der Waals surface area contributed by atoms with Crippen molar-refractivity contribution in [2.45, 2.75) is 63.9 Å². The monoisotopic (exact) mass is 360 g/mol. The molecule has 2 aromatic heterocycles. The highest BCUT2D eigenvalue weighted by atomic mass is 16.5. The molecule has 2 N–H and O–H groups in total. The van der Waals surface area contributed by atoms with Crippen LogP contribution >= 0.6 is 0 Å². The highest BCUT2D eigenvalue weighted by molar-refractivity contribution is 5.82. The molecule has 26 heavy (non-hydrogen) atoms. The van der Waals surface area contributed by atoms with Gasteiger partial charge in [-0.25, -0.2) is 15.0 Å². The predicted molar refractivity (Wildman–Crippen MR) is 98.9 cm³/mol. The molecule has 1 aliphatic heterocycles. The third-order valence-corrected chi connectivity index (χ3v) is 5.32. The number of aliphatic hydroxyl groups excluding tert-OH is 1. The fraction of sp³-hybridized carbons (Fsp3) is 0.722. The number of morpholine rings is 1. The van der Waals surface area contributed by atoms with Gasteiger partial charge in [-0.2, -0.15) is 0 Å². The van der Waals surface area contributed by atoms with Crippen LogP contribution in [0.5, 0.6) is 0 Å². The standard InChI is InChI=1S/C18H28N6O2/c1-12(2)22-17-16-18(20-10-19-17)24(11-21-16)15-8-23(7-14(9-25)26-15)13-5-3-4-6-13/h10-15,25H,3-9H2,1-2H3,(H,19,20,22)/t14-,15+/m0/s1. The third kappa shape index (κ3) is 3.41. The predicted octanol–water partition coefficient (Wildman–Crippen LogP) is 1.78. The quantitative estimate of drug-likeness (QED) is 0.840. The Kier molecular flexibility index (Phi) is 5.06. The van der Waals surface area contributed by atoms with E-state index in [-0.39, 0.29) is 25.0 Å². The fourth-order valence-electron chi connectivity index (χ4n) is 4.11. The summed E-state index contributed by atoms with van der Waals surface area (Å²) in [5.74, 6) is 0.742. The van der Waals surface area contributed by atoms with Crippen LogP contribution in [-0.2, 0) is 4.74 Å². The summed E-state index contributed by atoms with van der Waals surface area (Å²) in [5, 5.41) is 13.0. The van der Waals surface area contributed by atoms with Crippen LogP contribution in [0.15, 0.2) is 12.7 Å². The number of imidazole rings is 1. The van der Waals surface area contributed by atoms with E-state index in [4.69, 9.17) is 4.74 Å². The van der Waals surface area contributed by atoms with Crippen molar-refractivity contribution in [3.05, 3.63) is 12.7 Å². The molecule has 0 bridgehead atoms. The van der Waals surface area contributed by atoms with Gasteiger partial charge in [0.25, 0.3) is 0 Å². The molecule has 142 valence electrons. The zero-order chi connectivity index (χ0) is 18.1. The minimum Gasteiger partial charge on any atom is -0.394 e. The lowest BCUT2D eigenvalue weighted by Crippen LogP contribution is -2.50. The second-order valence-electron chi connectivity index (χ2n) is 7.63. The number of nitrogens with one attached hydrogen (secondary N) is 1. The summed E-state index contributed by atoms with van der Waals surface area (Å²) in [6.45, 7) is 5.76. The van der Waals surface area contributed by atoms with Crippen LogP contribution in [-0.4, -0.2) is 67.4 Å². The van der Waals surface area contributed by atoms with Crippen molar-refractivity contribution in [3.63, 3.8) is 0 Å². The summed E-state index contributed by atoms with van der Waals surface area (Å²) in [7, 11) is 0. The molecule has 2 fully saturated rings. The normalized spacial score (nSPS) is 25.4. The van der Waals surface area contributed by atoms with E-state index >= 15 is 0 Å². The van der Waals surface area contributed by atoms with E-state index < -0.39 is 0 Å². The molecule has 2 aromatic rings. The van der Waals surface area contributed by atoms with Crippen molar-refractivity contribution in [1.29, 1.82) is 0 Å². The van der Waals surface area contributed by atoms with Gasteiger partial charge in [0.05, 0.1) is 19.0 Å². The lowest BCUT2D eigenvalue weighted by atomic mass is 10.1. The SMILES string of the molecule is CC(C)Nc1ncnc2c1ncn2[C@H]1CN(C2CCCC2)C[C@@H](CO)O1. The average Bonchev–Trinajstić information content (AvgIpc) is 3.31. The van der Waals surface area contributed by atoms with Crippen LogP contribution in [0.4, 0.5) is 5.82 Å². The van der Waals surface area contributed by atoms with Gasteiger partial charge in [-0.3, -0.25) is 9.47 Å². The van der Waals surface area contributed by atoms with Crippen LogP contribution in [0.2, 0.25) is 0 Å². The van der Waals surface area contributed by atoms with Gasteiger partial charge in [0.15, 0.2) is 17.0 Å². The Bertz CT molecular complexity index is 742. The summed E-state index contributed by atoms with van der Waals surface area (Å²) in [6.07, 6.45) is 8.02. The van der Waals surface area contributed by atoms with Gasteiger partial charge in [0.2, 0.25) is 0 Å². The first kappa shape index (κ1) is 17.6. The van der Waals surface area contributed by atoms with Crippen LogP contribution in [0.3, 0.4) is 0 Å². The van der Waals surface area contributed by atoms with E-state index in [0.29, 0.717) is 6.04 Å². The zero-order valence-corrected chi connectivity index (χ0v) is 15.5. The number of nitrogens with zero attached hydrogens (tertiary/aromatic N) is 5. The molecule has 1 saturated carbocycles. The molecular weight excluding hydrogens is 332 g/mol. The maximum Gasteiger partial charge on any atom is 0.167 e. The molecule has 0 spiro atoms. The first-order chi connectivity index (χ1) is 12.7. The molecule has 0 aromatic carbocycles. The van der Waals surface area contributed by atoms with E-state index in [1.807, 2.05) is 4.57 Å². The smallest absolute Gasteiger partial charge is 0.167 e. The molecule has 0 amide bonds. The molecule has 4 rings (SSSR count). The summed E-state index contributed by atoms with van der Waals surface area (Å²) in [5.41, 5.74) is 1.52. The molecule has 3 heterocycles. The Morgan fingerprint density at radius 3 is 2.77 bits per heavy atom. The Labute approximate surface area is 153 Å². The average molecular weight is 360 g/mol. The molecule has 0 unspecified atom stereocenters.